The highest BCUT2D eigenvalue weighted by Gasteiger charge is 2.33. The van der Waals surface area contributed by atoms with Crippen LogP contribution in [0.25, 0.3) is 0 Å². The molecule has 4 rings (SSSR count). The molecule has 1 fully saturated rings. The number of ketones is 1. The number of hydrogen-bond donors (Lipinski definition) is 1. The van der Waals surface area contributed by atoms with E-state index in [4.69, 9.17) is 9.73 Å². The van der Waals surface area contributed by atoms with E-state index in [2.05, 4.69) is 17.4 Å². The standard InChI is InChI=1S/C20H24N2O2/c1-24-15-8-6-13(7-9-15)14-10-19-16(20(23)11-14)12-21-17-4-2-3-5-18(17)22-19/h6-9,12,14,17-18,22H,2-5,10-11H2,1H3/t14-,17+,18-/m1/s1. The minimum Gasteiger partial charge on any atom is -0.497 e. The Kier molecular flexibility index (Phi) is 4.13. The van der Waals surface area contributed by atoms with Crippen molar-refractivity contribution in [2.45, 2.75) is 56.5 Å². The molecule has 0 radical (unpaired) electrons. The van der Waals surface area contributed by atoms with Crippen LogP contribution in [0.5, 0.6) is 5.75 Å². The average molecular weight is 324 g/mol. The van der Waals surface area contributed by atoms with Gasteiger partial charge in [0.15, 0.2) is 5.78 Å². The van der Waals surface area contributed by atoms with Gasteiger partial charge in [-0.05, 0) is 42.9 Å². The predicted octanol–water partition coefficient (Wildman–Crippen LogP) is 3.38. The van der Waals surface area contributed by atoms with Crippen LogP contribution in [0.15, 0.2) is 40.5 Å². The van der Waals surface area contributed by atoms with Crippen molar-refractivity contribution in [3.63, 3.8) is 0 Å². The van der Waals surface area contributed by atoms with Crippen LogP contribution in [-0.4, -0.2) is 31.2 Å². The fourth-order valence-corrected chi connectivity index (χ4v) is 4.18. The van der Waals surface area contributed by atoms with Crippen LogP contribution in [-0.2, 0) is 4.79 Å². The van der Waals surface area contributed by atoms with E-state index in [0.29, 0.717) is 18.5 Å². The molecule has 3 atom stereocenters. The molecule has 1 saturated carbocycles. The Labute approximate surface area is 143 Å². The summed E-state index contributed by atoms with van der Waals surface area (Å²) in [7, 11) is 1.67. The summed E-state index contributed by atoms with van der Waals surface area (Å²) in [5.41, 5.74) is 3.12. The normalized spacial score (nSPS) is 29.4. The highest BCUT2D eigenvalue weighted by Crippen LogP contribution is 2.36. The number of rotatable bonds is 2. The van der Waals surface area contributed by atoms with Gasteiger partial charge in [-0.15, -0.1) is 0 Å². The minimum atomic E-state index is 0.215. The highest BCUT2D eigenvalue weighted by molar-refractivity contribution is 6.15. The smallest absolute Gasteiger partial charge is 0.166 e. The number of hydrogen-bond acceptors (Lipinski definition) is 4. The van der Waals surface area contributed by atoms with E-state index in [1.165, 1.54) is 18.4 Å². The summed E-state index contributed by atoms with van der Waals surface area (Å²) in [6.07, 6.45) is 8.09. The van der Waals surface area contributed by atoms with Gasteiger partial charge in [0.1, 0.15) is 5.75 Å². The molecular formula is C20H24N2O2. The summed E-state index contributed by atoms with van der Waals surface area (Å²) in [5, 5.41) is 3.68. The molecule has 4 nitrogen and oxygen atoms in total. The van der Waals surface area contributed by atoms with Crippen molar-refractivity contribution in [2.24, 2.45) is 4.99 Å². The molecule has 1 aliphatic heterocycles. The molecule has 0 amide bonds. The second-order valence-electron chi connectivity index (χ2n) is 7.07. The maximum Gasteiger partial charge on any atom is 0.166 e. The number of carbonyl (C=O) groups is 1. The Bertz CT molecular complexity index is 690. The van der Waals surface area contributed by atoms with E-state index in [1.54, 1.807) is 7.11 Å². The van der Waals surface area contributed by atoms with Crippen LogP contribution in [0.3, 0.4) is 0 Å². The molecule has 0 unspecified atom stereocenters. The SMILES string of the molecule is COc1ccc([C@H]2CC(=O)C3=C(C2)N[C@@H]2CCCC[C@@H]2N=C3)cc1. The predicted molar refractivity (Wildman–Crippen MR) is 94.7 cm³/mol. The fourth-order valence-electron chi connectivity index (χ4n) is 4.18. The van der Waals surface area contributed by atoms with E-state index < -0.39 is 0 Å². The molecule has 0 aromatic heterocycles. The van der Waals surface area contributed by atoms with Crippen molar-refractivity contribution in [3.05, 3.63) is 41.1 Å². The molecule has 126 valence electrons. The van der Waals surface area contributed by atoms with Crippen molar-refractivity contribution >= 4 is 12.0 Å². The molecule has 0 bridgehead atoms. The zero-order chi connectivity index (χ0) is 16.5. The first kappa shape index (κ1) is 15.4. The molecule has 24 heavy (non-hydrogen) atoms. The van der Waals surface area contributed by atoms with Crippen molar-refractivity contribution in [2.75, 3.05) is 7.11 Å². The minimum absolute atomic E-state index is 0.215. The second-order valence-corrected chi connectivity index (χ2v) is 7.07. The van der Waals surface area contributed by atoms with Gasteiger partial charge in [0.25, 0.3) is 0 Å². The lowest BCUT2D eigenvalue weighted by molar-refractivity contribution is -0.115. The number of carbonyl (C=O) groups excluding carboxylic acids is 1. The number of Topliss-reactive ketones (excluding diaryl/α,β-unsaturated/α-hetero) is 1. The average Bonchev–Trinajstić information content (AvgIpc) is 2.81. The number of nitrogens with zero attached hydrogens (tertiary/aromatic N) is 1. The first-order valence-electron chi connectivity index (χ1n) is 8.94. The number of fused-ring (bicyclic) bond motifs is 1. The van der Waals surface area contributed by atoms with Crippen LogP contribution in [0.2, 0.25) is 0 Å². The van der Waals surface area contributed by atoms with Gasteiger partial charge in [0.05, 0.1) is 18.7 Å². The van der Waals surface area contributed by atoms with Crippen LogP contribution < -0.4 is 10.1 Å². The van der Waals surface area contributed by atoms with Gasteiger partial charge in [-0.25, -0.2) is 0 Å². The van der Waals surface area contributed by atoms with Crippen LogP contribution in [0, 0.1) is 0 Å². The van der Waals surface area contributed by atoms with Gasteiger partial charge in [-0.1, -0.05) is 25.0 Å². The lowest BCUT2D eigenvalue weighted by Crippen LogP contribution is -2.41. The third kappa shape index (κ3) is 2.85. The quantitative estimate of drug-likeness (QED) is 0.907. The van der Waals surface area contributed by atoms with Crippen LogP contribution >= 0.6 is 0 Å². The zero-order valence-corrected chi connectivity index (χ0v) is 14.1. The number of allylic oxidation sites excluding steroid dienone is 2. The van der Waals surface area contributed by atoms with Gasteiger partial charge in [0, 0.05) is 24.4 Å². The fraction of sp³-hybridized carbons (Fsp3) is 0.500. The van der Waals surface area contributed by atoms with Crippen molar-refractivity contribution < 1.29 is 9.53 Å². The first-order valence-corrected chi connectivity index (χ1v) is 8.94. The van der Waals surface area contributed by atoms with Gasteiger partial charge in [-0.2, -0.15) is 0 Å². The van der Waals surface area contributed by atoms with Crippen molar-refractivity contribution in [3.8, 4) is 5.75 Å². The molecule has 0 saturated heterocycles. The van der Waals surface area contributed by atoms with Crippen molar-refractivity contribution in [1.29, 1.82) is 0 Å². The van der Waals surface area contributed by atoms with Gasteiger partial charge < -0.3 is 10.1 Å². The first-order chi connectivity index (χ1) is 11.7. The summed E-state index contributed by atoms with van der Waals surface area (Å²) in [4.78, 5) is 17.4. The number of nitrogens with one attached hydrogen (secondary N) is 1. The summed E-state index contributed by atoms with van der Waals surface area (Å²) in [6.45, 7) is 0. The van der Waals surface area contributed by atoms with Gasteiger partial charge in [-0.3, -0.25) is 9.79 Å². The molecule has 1 heterocycles. The van der Waals surface area contributed by atoms with E-state index >= 15 is 0 Å². The van der Waals surface area contributed by atoms with Crippen LogP contribution in [0.1, 0.15) is 50.0 Å². The number of benzene rings is 1. The maximum atomic E-state index is 12.7. The molecule has 0 spiro atoms. The van der Waals surface area contributed by atoms with E-state index in [1.807, 2.05) is 18.3 Å². The lowest BCUT2D eigenvalue weighted by atomic mass is 9.81. The molecule has 4 heteroatoms. The maximum absolute atomic E-state index is 12.7. The number of ether oxygens (including phenoxy) is 1. The molecule has 1 aromatic rings. The highest BCUT2D eigenvalue weighted by atomic mass is 16.5. The van der Waals surface area contributed by atoms with Crippen molar-refractivity contribution in [1.82, 2.24) is 5.32 Å². The van der Waals surface area contributed by atoms with E-state index in [9.17, 15) is 4.79 Å². The van der Waals surface area contributed by atoms with Crippen LogP contribution in [0.4, 0.5) is 0 Å². The summed E-state index contributed by atoms with van der Waals surface area (Å²) in [5.74, 6) is 1.31. The topological polar surface area (TPSA) is 50.7 Å². The monoisotopic (exact) mass is 324 g/mol. The number of methoxy groups -OCH3 is 1. The third-order valence-corrected chi connectivity index (χ3v) is 5.58. The van der Waals surface area contributed by atoms with Gasteiger partial charge in [0.2, 0.25) is 0 Å². The largest absolute Gasteiger partial charge is 0.497 e. The molecular weight excluding hydrogens is 300 g/mol. The van der Waals surface area contributed by atoms with E-state index in [0.717, 1.165) is 36.3 Å². The summed E-state index contributed by atoms with van der Waals surface area (Å²) >= 11 is 0. The molecule has 1 N–H and O–H groups in total. The summed E-state index contributed by atoms with van der Waals surface area (Å²) < 4.78 is 5.23. The number of aliphatic imine (C=N–C) groups is 1. The summed E-state index contributed by atoms with van der Waals surface area (Å²) in [6, 6.07) is 8.83. The lowest BCUT2D eigenvalue weighted by Gasteiger charge is -2.32. The van der Waals surface area contributed by atoms with E-state index in [-0.39, 0.29) is 11.7 Å². The third-order valence-electron chi connectivity index (χ3n) is 5.58. The zero-order valence-electron chi connectivity index (χ0n) is 14.1. The Hall–Kier alpha value is -2.10. The molecule has 3 aliphatic rings. The molecule has 1 aromatic carbocycles. The molecule has 2 aliphatic carbocycles. The second kappa shape index (κ2) is 6.42. The Morgan fingerprint density at radius 2 is 1.92 bits per heavy atom. The van der Waals surface area contributed by atoms with Gasteiger partial charge >= 0.3 is 0 Å². The Morgan fingerprint density at radius 3 is 2.71 bits per heavy atom. The Morgan fingerprint density at radius 1 is 1.12 bits per heavy atom. The Balaban J connectivity index is 1.58.